The molecule has 1 aliphatic carbocycles. The summed E-state index contributed by atoms with van der Waals surface area (Å²) in [6.45, 7) is 5.09. The van der Waals surface area contributed by atoms with Crippen LogP contribution < -0.4 is 0 Å². The van der Waals surface area contributed by atoms with Crippen molar-refractivity contribution >= 4 is 27.9 Å². The Morgan fingerprint density at radius 3 is 2.33 bits per heavy atom. The molecule has 1 heterocycles. The number of aliphatic hydroxyl groups excluding tert-OH is 2. The second-order valence-electron chi connectivity index (χ2n) is 5.63. The van der Waals surface area contributed by atoms with Crippen LogP contribution in [-0.2, 0) is 9.53 Å². The average Bonchev–Trinajstić information content (AvgIpc) is 2.55. The molecule has 0 aromatic heterocycles. The van der Waals surface area contributed by atoms with E-state index in [1.807, 2.05) is 0 Å². The fourth-order valence-electron chi connectivity index (χ4n) is 2.41. The van der Waals surface area contributed by atoms with Crippen LogP contribution in [0.25, 0.3) is 0 Å². The highest BCUT2D eigenvalue weighted by molar-refractivity contribution is 9.09. The van der Waals surface area contributed by atoms with Gasteiger partial charge in [-0.2, -0.15) is 0 Å². The number of hydrogen-bond acceptors (Lipinski definition) is 5. The van der Waals surface area contributed by atoms with Gasteiger partial charge in [-0.3, -0.25) is 4.79 Å². The number of likely N-dealkylation sites (tertiary alicyclic amines) is 1. The van der Waals surface area contributed by atoms with Crippen LogP contribution in [0, 0.1) is 5.92 Å². The summed E-state index contributed by atoms with van der Waals surface area (Å²) in [6.07, 6.45) is -3.05. The molecule has 0 unspecified atom stereocenters. The van der Waals surface area contributed by atoms with Crippen LogP contribution >= 0.6 is 15.9 Å². The highest BCUT2D eigenvalue weighted by Crippen LogP contribution is 2.44. The Labute approximate surface area is 113 Å². The Morgan fingerprint density at radius 2 is 1.89 bits per heavy atom. The number of imide groups is 1. The minimum absolute atomic E-state index is 0.442. The van der Waals surface area contributed by atoms with Crippen molar-refractivity contribution in [3.05, 3.63) is 0 Å². The van der Waals surface area contributed by atoms with Gasteiger partial charge < -0.3 is 14.9 Å². The predicted molar refractivity (Wildman–Crippen MR) is 65.1 cm³/mol. The van der Waals surface area contributed by atoms with E-state index in [0.717, 1.165) is 4.90 Å². The van der Waals surface area contributed by atoms with Crippen molar-refractivity contribution < 1.29 is 24.5 Å². The molecule has 0 radical (unpaired) electrons. The Kier molecular flexibility index (Phi) is 3.19. The zero-order chi connectivity index (χ0) is 13.8. The van der Waals surface area contributed by atoms with Crippen LogP contribution in [0.5, 0.6) is 0 Å². The van der Waals surface area contributed by atoms with E-state index in [2.05, 4.69) is 15.9 Å². The number of ether oxygens (including phenoxy) is 1. The van der Waals surface area contributed by atoms with Gasteiger partial charge in [0.25, 0.3) is 0 Å². The van der Waals surface area contributed by atoms with Crippen molar-refractivity contribution in [1.29, 1.82) is 0 Å². The first kappa shape index (κ1) is 13.8. The molecular formula is C11H16BrNO5. The molecule has 0 aromatic rings. The largest absolute Gasteiger partial charge is 0.443 e. The first-order valence-electron chi connectivity index (χ1n) is 5.71. The summed E-state index contributed by atoms with van der Waals surface area (Å²) < 4.78 is 5.13. The van der Waals surface area contributed by atoms with E-state index in [0.29, 0.717) is 0 Å². The van der Waals surface area contributed by atoms with Crippen LogP contribution in [0.15, 0.2) is 0 Å². The molecule has 0 spiro atoms. The molecule has 7 heteroatoms. The predicted octanol–water partition coefficient (Wildman–Crippen LogP) is 0.247. The number of alkyl halides is 1. The lowest BCUT2D eigenvalue weighted by molar-refractivity contribution is -0.144. The molecule has 1 saturated heterocycles. The van der Waals surface area contributed by atoms with Gasteiger partial charge in [0.05, 0.1) is 22.9 Å². The van der Waals surface area contributed by atoms with E-state index >= 15 is 0 Å². The molecular weight excluding hydrogens is 306 g/mol. The monoisotopic (exact) mass is 321 g/mol. The molecule has 1 aliphatic heterocycles. The van der Waals surface area contributed by atoms with E-state index in [4.69, 9.17) is 4.74 Å². The standard InChI is InChI=1S/C11H16BrNO5/c1-11(2,3)18-10(17)13-6-5(12)4(9(13)16)7(14)8(6)15/h4-8,14-15H,1-3H3/t4-,5-,6+,7-,8+/m0/s1. The van der Waals surface area contributed by atoms with Crippen molar-refractivity contribution in [2.24, 2.45) is 5.92 Å². The SMILES string of the molecule is CC(C)(C)OC(=O)N1C(=O)[C@@H]2[C@H](O)[C@H](O)[C@H]1[C@H]2Br. The first-order chi connectivity index (χ1) is 8.15. The second kappa shape index (κ2) is 4.18. The molecule has 6 nitrogen and oxygen atoms in total. The summed E-state index contributed by atoms with van der Waals surface area (Å²) in [6, 6.07) is -0.771. The minimum atomic E-state index is -1.13. The van der Waals surface area contributed by atoms with Gasteiger partial charge in [-0.05, 0) is 20.8 Å². The summed E-state index contributed by atoms with van der Waals surface area (Å²) in [4.78, 5) is 24.4. The quantitative estimate of drug-likeness (QED) is 0.624. The number of rotatable bonds is 0. The molecule has 18 heavy (non-hydrogen) atoms. The zero-order valence-electron chi connectivity index (χ0n) is 10.3. The molecule has 2 amide bonds. The summed E-state index contributed by atoms with van der Waals surface area (Å²) >= 11 is 3.25. The average molecular weight is 322 g/mol. The van der Waals surface area contributed by atoms with E-state index in [-0.39, 0.29) is 0 Å². The Hall–Kier alpha value is -0.660. The third-order valence-corrected chi connectivity index (χ3v) is 4.26. The van der Waals surface area contributed by atoms with Gasteiger partial charge in [0.2, 0.25) is 5.91 Å². The van der Waals surface area contributed by atoms with Gasteiger partial charge in [-0.1, -0.05) is 15.9 Å². The Bertz CT molecular complexity index is 393. The normalized spacial score (nSPS) is 39.3. The van der Waals surface area contributed by atoms with Gasteiger partial charge >= 0.3 is 6.09 Å². The summed E-state index contributed by atoms with van der Waals surface area (Å²) in [5.41, 5.74) is -0.718. The van der Waals surface area contributed by atoms with Gasteiger partial charge in [-0.25, -0.2) is 9.69 Å². The lowest BCUT2D eigenvalue weighted by Crippen LogP contribution is -2.54. The van der Waals surface area contributed by atoms with E-state index in [1.54, 1.807) is 20.8 Å². The zero-order valence-corrected chi connectivity index (χ0v) is 11.9. The number of nitrogens with zero attached hydrogens (tertiary/aromatic N) is 1. The number of aliphatic hydroxyl groups is 2. The lowest BCUT2D eigenvalue weighted by atomic mass is 10.0. The molecule has 1 saturated carbocycles. The van der Waals surface area contributed by atoms with Crippen LogP contribution in [-0.4, -0.2) is 55.8 Å². The maximum Gasteiger partial charge on any atom is 0.417 e. The van der Waals surface area contributed by atoms with Gasteiger partial charge in [-0.15, -0.1) is 0 Å². The number of carbonyl (C=O) groups excluding carboxylic acids is 2. The smallest absolute Gasteiger partial charge is 0.417 e. The highest BCUT2D eigenvalue weighted by atomic mass is 79.9. The van der Waals surface area contributed by atoms with Crippen LogP contribution in [0.1, 0.15) is 20.8 Å². The number of piperidine rings is 1. The number of amides is 2. The van der Waals surface area contributed by atoms with E-state index < -0.39 is 46.6 Å². The summed E-state index contributed by atoms with van der Waals surface area (Å²) in [5, 5.41) is 19.5. The molecule has 2 bridgehead atoms. The topological polar surface area (TPSA) is 87.1 Å². The van der Waals surface area contributed by atoms with Gasteiger partial charge in [0.15, 0.2) is 0 Å². The number of carbonyl (C=O) groups is 2. The first-order valence-corrected chi connectivity index (χ1v) is 6.63. The maximum atomic E-state index is 12.0. The fraction of sp³-hybridized carbons (Fsp3) is 0.818. The van der Waals surface area contributed by atoms with Crippen molar-refractivity contribution in [3.63, 3.8) is 0 Å². The Balaban J connectivity index is 2.22. The molecule has 102 valence electrons. The van der Waals surface area contributed by atoms with Gasteiger partial charge in [0.1, 0.15) is 11.7 Å². The van der Waals surface area contributed by atoms with Crippen LogP contribution in [0.4, 0.5) is 4.79 Å². The minimum Gasteiger partial charge on any atom is -0.443 e. The molecule has 0 aromatic carbocycles. The molecule has 2 aliphatic rings. The third kappa shape index (κ3) is 1.94. The molecule has 2 fully saturated rings. The number of fused-ring (bicyclic) bond motifs is 2. The molecule has 2 N–H and O–H groups in total. The van der Waals surface area contributed by atoms with Crippen molar-refractivity contribution in [1.82, 2.24) is 4.90 Å². The van der Waals surface area contributed by atoms with Gasteiger partial charge in [0, 0.05) is 0 Å². The second-order valence-corrected chi connectivity index (χ2v) is 6.69. The van der Waals surface area contributed by atoms with Crippen molar-refractivity contribution in [3.8, 4) is 0 Å². The van der Waals surface area contributed by atoms with E-state index in [9.17, 15) is 19.8 Å². The van der Waals surface area contributed by atoms with Crippen LogP contribution in [0.2, 0.25) is 0 Å². The van der Waals surface area contributed by atoms with Crippen molar-refractivity contribution in [2.75, 3.05) is 0 Å². The Morgan fingerprint density at radius 1 is 1.33 bits per heavy atom. The summed E-state index contributed by atoms with van der Waals surface area (Å²) in [7, 11) is 0. The van der Waals surface area contributed by atoms with Crippen molar-refractivity contribution in [2.45, 2.75) is 49.4 Å². The van der Waals surface area contributed by atoms with E-state index in [1.165, 1.54) is 0 Å². The lowest BCUT2D eigenvalue weighted by Gasteiger charge is -2.32. The van der Waals surface area contributed by atoms with Crippen LogP contribution in [0.3, 0.4) is 0 Å². The fourth-order valence-corrected chi connectivity index (χ4v) is 3.50. The molecule has 5 atom stereocenters. The third-order valence-electron chi connectivity index (χ3n) is 3.15. The highest BCUT2D eigenvalue weighted by Gasteiger charge is 2.64. The molecule has 2 rings (SSSR count). The number of hydrogen-bond donors (Lipinski definition) is 2. The maximum absolute atomic E-state index is 12.0. The number of halogens is 1. The summed E-state index contributed by atoms with van der Waals surface area (Å²) in [5.74, 6) is -1.30.